The van der Waals surface area contributed by atoms with E-state index < -0.39 is 10.7 Å². The molecule has 0 aromatic heterocycles. The number of halogens is 2. The van der Waals surface area contributed by atoms with Crippen molar-refractivity contribution in [3.8, 4) is 18.1 Å². The van der Waals surface area contributed by atoms with E-state index in [1.807, 2.05) is 0 Å². The SMILES string of the molecule is C#CCOc1cc(F)c(Br)cc1[N+](=O)[O-]. The maximum absolute atomic E-state index is 13.0. The Bertz CT molecular complexity index is 442. The third-order valence-electron chi connectivity index (χ3n) is 1.51. The molecule has 0 saturated heterocycles. The molecule has 0 radical (unpaired) electrons. The summed E-state index contributed by atoms with van der Waals surface area (Å²) in [7, 11) is 0. The minimum absolute atomic E-state index is 0.00209. The van der Waals surface area contributed by atoms with Crippen LogP contribution in [0.4, 0.5) is 10.1 Å². The third kappa shape index (κ3) is 2.67. The molecule has 0 unspecified atom stereocenters. The Hall–Kier alpha value is -1.61. The quantitative estimate of drug-likeness (QED) is 0.483. The van der Waals surface area contributed by atoms with Crippen molar-refractivity contribution in [1.29, 1.82) is 0 Å². The Morgan fingerprint density at radius 2 is 2.33 bits per heavy atom. The second kappa shape index (κ2) is 4.75. The van der Waals surface area contributed by atoms with E-state index in [0.29, 0.717) is 0 Å². The van der Waals surface area contributed by atoms with E-state index in [2.05, 4.69) is 21.9 Å². The van der Waals surface area contributed by atoms with Gasteiger partial charge in [-0.05, 0) is 15.9 Å². The first-order valence-corrected chi connectivity index (χ1v) is 4.55. The molecule has 78 valence electrons. The van der Waals surface area contributed by atoms with Gasteiger partial charge in [0.25, 0.3) is 0 Å². The summed E-state index contributed by atoms with van der Waals surface area (Å²) >= 11 is 2.84. The normalized spacial score (nSPS) is 9.40. The smallest absolute Gasteiger partial charge is 0.312 e. The van der Waals surface area contributed by atoms with Crippen molar-refractivity contribution in [3.63, 3.8) is 0 Å². The Morgan fingerprint density at radius 3 is 2.87 bits per heavy atom. The Morgan fingerprint density at radius 1 is 1.67 bits per heavy atom. The average Bonchev–Trinajstić information content (AvgIpc) is 2.19. The van der Waals surface area contributed by atoms with Crippen LogP contribution in [-0.2, 0) is 0 Å². The van der Waals surface area contributed by atoms with Crippen LogP contribution in [0.3, 0.4) is 0 Å². The lowest BCUT2D eigenvalue weighted by Crippen LogP contribution is -1.99. The van der Waals surface area contributed by atoms with Crippen LogP contribution in [0.25, 0.3) is 0 Å². The monoisotopic (exact) mass is 273 g/mol. The molecular weight excluding hydrogens is 269 g/mol. The van der Waals surface area contributed by atoms with Crippen LogP contribution in [0.5, 0.6) is 5.75 Å². The predicted octanol–water partition coefficient (Wildman–Crippen LogP) is 2.51. The van der Waals surface area contributed by atoms with Crippen LogP contribution in [0, 0.1) is 28.3 Å². The second-order valence-electron chi connectivity index (χ2n) is 2.48. The molecule has 0 heterocycles. The highest BCUT2D eigenvalue weighted by atomic mass is 79.9. The topological polar surface area (TPSA) is 52.4 Å². The van der Waals surface area contributed by atoms with Gasteiger partial charge in [0.2, 0.25) is 5.75 Å². The summed E-state index contributed by atoms with van der Waals surface area (Å²) in [4.78, 5) is 9.91. The van der Waals surface area contributed by atoms with E-state index in [9.17, 15) is 14.5 Å². The molecule has 6 heteroatoms. The van der Waals surface area contributed by atoms with Crippen molar-refractivity contribution in [3.05, 3.63) is 32.5 Å². The van der Waals surface area contributed by atoms with Crippen LogP contribution in [-0.4, -0.2) is 11.5 Å². The number of benzene rings is 1. The summed E-state index contributed by atoms with van der Waals surface area (Å²) in [5.74, 6) is 1.31. The van der Waals surface area contributed by atoms with Gasteiger partial charge in [-0.25, -0.2) is 4.39 Å². The minimum atomic E-state index is -0.671. The van der Waals surface area contributed by atoms with Crippen LogP contribution in [0.2, 0.25) is 0 Å². The van der Waals surface area contributed by atoms with E-state index in [4.69, 9.17) is 11.2 Å². The number of hydrogen-bond donors (Lipinski definition) is 0. The first-order valence-electron chi connectivity index (χ1n) is 3.76. The number of nitro groups is 1. The van der Waals surface area contributed by atoms with E-state index in [0.717, 1.165) is 12.1 Å². The number of ether oxygens (including phenoxy) is 1. The Labute approximate surface area is 93.3 Å². The van der Waals surface area contributed by atoms with Gasteiger partial charge in [-0.2, -0.15) is 0 Å². The summed E-state index contributed by atoms with van der Waals surface area (Å²) in [5.41, 5.74) is -0.335. The molecule has 0 atom stereocenters. The average molecular weight is 274 g/mol. The third-order valence-corrected chi connectivity index (χ3v) is 2.12. The van der Waals surface area contributed by atoms with Crippen LogP contribution < -0.4 is 4.74 Å². The number of nitrogens with zero attached hydrogens (tertiary/aromatic N) is 1. The zero-order valence-corrected chi connectivity index (χ0v) is 8.95. The largest absolute Gasteiger partial charge is 0.474 e. The van der Waals surface area contributed by atoms with Crippen molar-refractivity contribution in [2.24, 2.45) is 0 Å². The molecule has 0 fully saturated rings. The number of rotatable bonds is 3. The summed E-state index contributed by atoms with van der Waals surface area (Å²) < 4.78 is 17.9. The highest BCUT2D eigenvalue weighted by Gasteiger charge is 2.18. The molecule has 1 aromatic carbocycles. The second-order valence-corrected chi connectivity index (χ2v) is 3.34. The van der Waals surface area contributed by atoms with Crippen LogP contribution in [0.1, 0.15) is 0 Å². The lowest BCUT2D eigenvalue weighted by molar-refractivity contribution is -0.385. The number of hydrogen-bond acceptors (Lipinski definition) is 3. The molecule has 0 bridgehead atoms. The molecule has 0 amide bonds. The summed E-state index contributed by atoms with van der Waals surface area (Å²) in [6.07, 6.45) is 4.92. The lowest BCUT2D eigenvalue weighted by Gasteiger charge is -2.04. The molecule has 0 aliphatic heterocycles. The van der Waals surface area contributed by atoms with Crippen molar-refractivity contribution in [2.45, 2.75) is 0 Å². The minimum Gasteiger partial charge on any atom is -0.474 e. The van der Waals surface area contributed by atoms with Gasteiger partial charge in [-0.15, -0.1) is 6.42 Å². The van der Waals surface area contributed by atoms with Crippen molar-refractivity contribution < 1.29 is 14.1 Å². The molecule has 1 rings (SSSR count). The summed E-state index contributed by atoms with van der Waals surface area (Å²) in [5, 5.41) is 10.6. The maximum Gasteiger partial charge on any atom is 0.312 e. The van der Waals surface area contributed by atoms with Gasteiger partial charge >= 0.3 is 5.69 Å². The highest BCUT2D eigenvalue weighted by molar-refractivity contribution is 9.10. The van der Waals surface area contributed by atoms with Crippen molar-refractivity contribution in [2.75, 3.05) is 6.61 Å². The van der Waals surface area contributed by atoms with Gasteiger partial charge in [0.15, 0.2) is 0 Å². The summed E-state index contributed by atoms with van der Waals surface area (Å²) in [6, 6.07) is 1.95. The van der Waals surface area contributed by atoms with E-state index in [-0.39, 0.29) is 22.5 Å². The van der Waals surface area contributed by atoms with Gasteiger partial charge in [0.05, 0.1) is 9.40 Å². The van der Waals surface area contributed by atoms with Crippen molar-refractivity contribution in [1.82, 2.24) is 0 Å². The molecule has 0 spiro atoms. The molecule has 1 aromatic rings. The van der Waals surface area contributed by atoms with Crippen LogP contribution in [0.15, 0.2) is 16.6 Å². The first kappa shape index (κ1) is 11.5. The maximum atomic E-state index is 13.0. The summed E-state index contributed by atoms with van der Waals surface area (Å²) in [6.45, 7) is -0.151. The molecule has 15 heavy (non-hydrogen) atoms. The zero-order chi connectivity index (χ0) is 11.4. The fraction of sp³-hybridized carbons (Fsp3) is 0.111. The standard InChI is InChI=1S/C9H5BrFNO3/c1-2-3-15-9-5-7(11)6(10)4-8(9)12(13)14/h1,4-5H,3H2. The predicted molar refractivity (Wildman–Crippen MR) is 55.1 cm³/mol. The Kier molecular flexibility index (Phi) is 3.63. The molecule has 0 aliphatic rings. The van der Waals surface area contributed by atoms with Gasteiger partial charge in [-0.3, -0.25) is 10.1 Å². The number of terminal acetylenes is 1. The zero-order valence-electron chi connectivity index (χ0n) is 7.37. The van der Waals surface area contributed by atoms with Gasteiger partial charge < -0.3 is 4.74 Å². The fourth-order valence-electron chi connectivity index (χ4n) is 0.896. The molecular formula is C9H5BrFNO3. The van der Waals surface area contributed by atoms with E-state index >= 15 is 0 Å². The molecule has 0 saturated carbocycles. The number of nitro benzene ring substituents is 1. The van der Waals surface area contributed by atoms with Crippen molar-refractivity contribution >= 4 is 21.6 Å². The van der Waals surface area contributed by atoms with Gasteiger partial charge in [0, 0.05) is 12.1 Å². The Balaban J connectivity index is 3.17. The highest BCUT2D eigenvalue weighted by Crippen LogP contribution is 2.32. The molecule has 4 nitrogen and oxygen atoms in total. The van der Waals surface area contributed by atoms with E-state index in [1.165, 1.54) is 0 Å². The molecule has 0 N–H and O–H groups in total. The first-order chi connectivity index (χ1) is 7.06. The van der Waals surface area contributed by atoms with E-state index in [1.54, 1.807) is 0 Å². The van der Waals surface area contributed by atoms with Gasteiger partial charge in [-0.1, -0.05) is 5.92 Å². The van der Waals surface area contributed by atoms with Gasteiger partial charge in [0.1, 0.15) is 12.4 Å². The lowest BCUT2D eigenvalue weighted by atomic mass is 10.3. The van der Waals surface area contributed by atoms with Crippen LogP contribution >= 0.6 is 15.9 Å². The fourth-order valence-corrected chi connectivity index (χ4v) is 1.23. The molecule has 0 aliphatic carbocycles.